The van der Waals surface area contributed by atoms with Crippen molar-refractivity contribution < 1.29 is 28.7 Å². The highest BCUT2D eigenvalue weighted by molar-refractivity contribution is 9.10. The van der Waals surface area contributed by atoms with Crippen LogP contribution < -0.4 is 10.1 Å². The Morgan fingerprint density at radius 2 is 1.69 bits per heavy atom. The summed E-state index contributed by atoms with van der Waals surface area (Å²) in [6, 6.07) is 10.8. The van der Waals surface area contributed by atoms with Crippen molar-refractivity contribution in [3.63, 3.8) is 0 Å². The van der Waals surface area contributed by atoms with E-state index >= 15 is 0 Å². The molecule has 0 aliphatic rings. The number of methoxy groups -OCH3 is 2. The molecule has 36 heavy (non-hydrogen) atoms. The molecule has 0 fully saturated rings. The number of nitrogens with one attached hydrogen (secondary N) is 1. The van der Waals surface area contributed by atoms with Gasteiger partial charge in [-0.3, -0.25) is 15.1 Å². The number of hydrogen-bond acceptors (Lipinski definition) is 11. The third-order valence-corrected chi connectivity index (χ3v) is 5.59. The molecule has 2 aromatic heterocycles. The van der Waals surface area contributed by atoms with Crippen LogP contribution in [0.2, 0.25) is 0 Å². The Balaban J connectivity index is 1.78. The van der Waals surface area contributed by atoms with E-state index in [1.807, 2.05) is 6.07 Å². The van der Waals surface area contributed by atoms with E-state index in [4.69, 9.17) is 14.2 Å². The summed E-state index contributed by atoms with van der Waals surface area (Å²) in [6.45, 7) is 0. The number of nitro groups is 1. The van der Waals surface area contributed by atoms with Gasteiger partial charge in [0.05, 0.1) is 30.3 Å². The summed E-state index contributed by atoms with van der Waals surface area (Å²) in [5.74, 6) is -1.79. The van der Waals surface area contributed by atoms with Gasteiger partial charge in [-0.1, -0.05) is 22.0 Å². The molecule has 0 atom stereocenters. The van der Waals surface area contributed by atoms with Gasteiger partial charge in [0.25, 0.3) is 0 Å². The monoisotopic (exact) mass is 553 g/mol. The Labute approximate surface area is 211 Å². The second-order valence-corrected chi connectivity index (χ2v) is 7.94. The lowest BCUT2D eigenvalue weighted by Gasteiger charge is -2.12. The molecule has 4 rings (SSSR count). The summed E-state index contributed by atoms with van der Waals surface area (Å²) in [6.07, 6.45) is 2.64. The maximum atomic E-state index is 12.1. The number of aromatic nitrogens is 3. The second-order valence-electron chi connectivity index (χ2n) is 7.09. The molecule has 4 aromatic rings. The summed E-state index contributed by atoms with van der Waals surface area (Å²) in [5.41, 5.74) is 0.0594. The van der Waals surface area contributed by atoms with Crippen LogP contribution in [0.25, 0.3) is 10.9 Å². The van der Waals surface area contributed by atoms with E-state index < -0.39 is 22.5 Å². The van der Waals surface area contributed by atoms with E-state index in [1.54, 1.807) is 24.4 Å². The lowest BCUT2D eigenvalue weighted by atomic mass is 10.1. The molecule has 0 radical (unpaired) electrons. The van der Waals surface area contributed by atoms with Crippen molar-refractivity contribution in [1.82, 2.24) is 15.0 Å². The number of ether oxygens (including phenoxy) is 3. The van der Waals surface area contributed by atoms with Crippen molar-refractivity contribution in [2.24, 2.45) is 0 Å². The van der Waals surface area contributed by atoms with Crippen LogP contribution in [0.4, 0.5) is 17.2 Å². The number of pyridine rings is 1. The zero-order valence-corrected chi connectivity index (χ0v) is 20.3. The Hall–Kier alpha value is -4.65. The largest absolute Gasteiger partial charge is 0.465 e. The number of fused-ring (bicyclic) bond motifs is 1. The molecular weight excluding hydrogens is 538 g/mol. The fourth-order valence-corrected chi connectivity index (χ4v) is 3.75. The zero-order valence-electron chi connectivity index (χ0n) is 18.7. The molecule has 0 aliphatic carbocycles. The summed E-state index contributed by atoms with van der Waals surface area (Å²) < 4.78 is 16.0. The SMILES string of the molecule is COC(=O)c1cc(Nc2ncnc(Oc3ccc(Br)c4cccnc34)c2[N+](=O)[O-])cc(C(=O)OC)c1. The van der Waals surface area contributed by atoms with Crippen molar-refractivity contribution in [3.05, 3.63) is 80.7 Å². The highest BCUT2D eigenvalue weighted by Crippen LogP contribution is 2.38. The van der Waals surface area contributed by atoms with Crippen LogP contribution in [0, 0.1) is 10.1 Å². The highest BCUT2D eigenvalue weighted by Gasteiger charge is 2.27. The predicted octanol–water partition coefficient (Wildman–Crippen LogP) is 4.80. The summed E-state index contributed by atoms with van der Waals surface area (Å²) in [7, 11) is 2.36. The number of anilines is 2. The lowest BCUT2D eigenvalue weighted by Crippen LogP contribution is -2.09. The van der Waals surface area contributed by atoms with Crippen LogP contribution in [0.15, 0.2) is 59.5 Å². The van der Waals surface area contributed by atoms with Gasteiger partial charge in [-0.25, -0.2) is 14.6 Å². The summed E-state index contributed by atoms with van der Waals surface area (Å²) >= 11 is 3.44. The standard InChI is InChI=1S/C23H16BrN5O7/c1-34-22(30)12-8-13(23(31)35-2)10-14(9-12)28-20-19(29(32)33)21(27-11-26-20)36-17-6-5-16(24)15-4-3-7-25-18(15)17/h3-11H,1-2H3,(H,26,27,28). The topological polar surface area (TPSA) is 156 Å². The Morgan fingerprint density at radius 3 is 2.33 bits per heavy atom. The second kappa shape index (κ2) is 10.3. The number of benzene rings is 2. The minimum absolute atomic E-state index is 0.0171. The van der Waals surface area contributed by atoms with Gasteiger partial charge in [-0.2, -0.15) is 4.98 Å². The average Bonchev–Trinajstić information content (AvgIpc) is 2.89. The van der Waals surface area contributed by atoms with Crippen LogP contribution in [0.1, 0.15) is 20.7 Å². The smallest absolute Gasteiger partial charge is 0.373 e. The zero-order chi connectivity index (χ0) is 25.8. The van der Waals surface area contributed by atoms with Gasteiger partial charge < -0.3 is 19.5 Å². The van der Waals surface area contributed by atoms with Crippen LogP contribution >= 0.6 is 15.9 Å². The predicted molar refractivity (Wildman–Crippen MR) is 131 cm³/mol. The van der Waals surface area contributed by atoms with Crippen molar-refractivity contribution in [1.29, 1.82) is 0 Å². The number of esters is 2. The normalized spacial score (nSPS) is 10.5. The van der Waals surface area contributed by atoms with Crippen LogP contribution in [-0.4, -0.2) is 46.0 Å². The van der Waals surface area contributed by atoms with E-state index in [0.29, 0.717) is 5.52 Å². The molecule has 12 nitrogen and oxygen atoms in total. The molecule has 2 aromatic carbocycles. The van der Waals surface area contributed by atoms with E-state index in [-0.39, 0.29) is 34.3 Å². The summed E-state index contributed by atoms with van der Waals surface area (Å²) in [5, 5.41) is 15.5. The van der Waals surface area contributed by atoms with Crippen molar-refractivity contribution in [2.45, 2.75) is 0 Å². The fraction of sp³-hybridized carbons (Fsp3) is 0.0870. The molecule has 182 valence electrons. The van der Waals surface area contributed by atoms with Gasteiger partial charge in [-0.15, -0.1) is 0 Å². The minimum atomic E-state index is -0.723. The first-order chi connectivity index (χ1) is 17.3. The first-order valence-corrected chi connectivity index (χ1v) is 10.9. The maximum absolute atomic E-state index is 12.1. The quantitative estimate of drug-likeness (QED) is 0.190. The van der Waals surface area contributed by atoms with Gasteiger partial charge in [0.15, 0.2) is 5.75 Å². The Morgan fingerprint density at radius 1 is 1.00 bits per heavy atom. The van der Waals surface area contributed by atoms with Gasteiger partial charge in [0, 0.05) is 21.7 Å². The molecule has 0 unspecified atom stereocenters. The molecule has 0 bridgehead atoms. The number of hydrogen-bond donors (Lipinski definition) is 1. The van der Waals surface area contributed by atoms with Gasteiger partial charge in [0.2, 0.25) is 5.82 Å². The van der Waals surface area contributed by atoms with E-state index in [2.05, 4.69) is 36.2 Å². The van der Waals surface area contributed by atoms with Crippen molar-refractivity contribution in [3.8, 4) is 11.6 Å². The van der Waals surface area contributed by atoms with Crippen molar-refractivity contribution in [2.75, 3.05) is 19.5 Å². The number of carbonyl (C=O) groups excluding carboxylic acids is 2. The van der Waals surface area contributed by atoms with E-state index in [9.17, 15) is 19.7 Å². The summed E-state index contributed by atoms with van der Waals surface area (Å²) in [4.78, 5) is 47.7. The maximum Gasteiger partial charge on any atom is 0.373 e. The van der Waals surface area contributed by atoms with E-state index in [0.717, 1.165) is 16.2 Å². The molecule has 0 saturated carbocycles. The molecule has 0 amide bonds. The molecule has 13 heteroatoms. The Bertz CT molecular complexity index is 1480. The molecule has 2 heterocycles. The van der Waals surface area contributed by atoms with Gasteiger partial charge in [-0.05, 0) is 36.4 Å². The molecule has 0 saturated heterocycles. The first-order valence-electron chi connectivity index (χ1n) is 10.1. The number of nitrogens with zero attached hydrogens (tertiary/aromatic N) is 4. The van der Waals surface area contributed by atoms with E-state index in [1.165, 1.54) is 32.4 Å². The first kappa shape index (κ1) is 24.5. The molecule has 1 N–H and O–H groups in total. The van der Waals surface area contributed by atoms with Gasteiger partial charge >= 0.3 is 23.5 Å². The van der Waals surface area contributed by atoms with Crippen LogP contribution in [0.3, 0.4) is 0 Å². The van der Waals surface area contributed by atoms with Gasteiger partial charge in [0.1, 0.15) is 11.8 Å². The minimum Gasteiger partial charge on any atom is -0.465 e. The third kappa shape index (κ3) is 4.90. The lowest BCUT2D eigenvalue weighted by molar-refractivity contribution is -0.385. The van der Waals surface area contributed by atoms with Crippen molar-refractivity contribution >= 4 is 56.0 Å². The number of carbonyl (C=O) groups is 2. The highest BCUT2D eigenvalue weighted by atomic mass is 79.9. The fourth-order valence-electron chi connectivity index (χ4n) is 3.30. The molecule has 0 aliphatic heterocycles. The number of halogens is 1. The molecular formula is C23H16BrN5O7. The van der Waals surface area contributed by atoms with Crippen LogP contribution in [0.5, 0.6) is 11.6 Å². The van der Waals surface area contributed by atoms with Crippen LogP contribution in [-0.2, 0) is 9.47 Å². The third-order valence-electron chi connectivity index (χ3n) is 4.90. The Kier molecular flexibility index (Phi) is 7.01. The molecule has 0 spiro atoms. The average molecular weight is 554 g/mol. The number of rotatable bonds is 7.